The van der Waals surface area contributed by atoms with Gasteiger partial charge in [-0.15, -0.1) is 10.2 Å². The zero-order valence-corrected chi connectivity index (χ0v) is 17.1. The van der Waals surface area contributed by atoms with Gasteiger partial charge in [-0.2, -0.15) is 0 Å². The number of fused-ring (bicyclic) bond motifs is 2. The van der Waals surface area contributed by atoms with E-state index in [1.807, 2.05) is 42.6 Å². The third kappa shape index (κ3) is 3.33. The largest absolute Gasteiger partial charge is 0.308 e. The highest BCUT2D eigenvalue weighted by Gasteiger charge is 2.29. The molecule has 1 amide bonds. The van der Waals surface area contributed by atoms with Crippen LogP contribution >= 0.6 is 22.9 Å². The molecule has 0 atom stereocenters. The maximum atomic E-state index is 13.3. The molecule has 0 radical (unpaired) electrons. The Morgan fingerprint density at radius 3 is 2.85 bits per heavy atom. The van der Waals surface area contributed by atoms with Gasteiger partial charge in [0.2, 0.25) is 5.82 Å². The predicted molar refractivity (Wildman–Crippen MR) is 108 cm³/mol. The van der Waals surface area contributed by atoms with Gasteiger partial charge in [0, 0.05) is 26.1 Å². The van der Waals surface area contributed by atoms with Crippen molar-refractivity contribution in [1.29, 1.82) is 0 Å². The van der Waals surface area contributed by atoms with Crippen molar-refractivity contribution in [2.45, 2.75) is 26.3 Å². The van der Waals surface area contributed by atoms with E-state index in [0.29, 0.717) is 22.5 Å². The summed E-state index contributed by atoms with van der Waals surface area (Å²) in [6, 6.07) is 3.82. The Hall–Kier alpha value is -2.03. The molecular weight excluding hydrogens is 384 g/mol. The van der Waals surface area contributed by atoms with E-state index in [-0.39, 0.29) is 5.91 Å². The van der Waals surface area contributed by atoms with Gasteiger partial charge < -0.3 is 9.47 Å². The van der Waals surface area contributed by atoms with Gasteiger partial charge in [-0.25, -0.2) is 4.98 Å². The number of amides is 1. The second-order valence-electron chi connectivity index (χ2n) is 6.99. The van der Waals surface area contributed by atoms with E-state index >= 15 is 0 Å². The number of aryl methyl sites for hydroxylation is 2. The van der Waals surface area contributed by atoms with Crippen molar-refractivity contribution in [2.24, 2.45) is 0 Å². The number of halogens is 1. The van der Waals surface area contributed by atoms with E-state index in [1.165, 1.54) is 11.3 Å². The first kappa shape index (κ1) is 18.3. The molecular formula is C18H21ClN6OS. The highest BCUT2D eigenvalue weighted by atomic mass is 35.5. The molecule has 1 aromatic carbocycles. The summed E-state index contributed by atoms with van der Waals surface area (Å²) in [6.45, 7) is 4.02. The fourth-order valence-electron chi connectivity index (χ4n) is 3.22. The average molecular weight is 405 g/mol. The lowest BCUT2D eigenvalue weighted by atomic mass is 10.2. The number of anilines is 1. The standard InChI is InChI=1S/C18H21ClN6OS/c1-11-6-7-12(19)15-14(11)20-18(27-15)25(10-9-23(2)3)17(26)16-22-21-13-5-4-8-24(13)16/h6-7H,4-5,8-10H2,1-3H3. The lowest BCUT2D eigenvalue weighted by molar-refractivity contribution is 0.0971. The molecule has 27 heavy (non-hydrogen) atoms. The molecule has 0 spiro atoms. The second kappa shape index (κ2) is 7.18. The number of thiazole rings is 1. The van der Waals surface area contributed by atoms with Gasteiger partial charge in [0.25, 0.3) is 5.91 Å². The molecule has 0 saturated heterocycles. The summed E-state index contributed by atoms with van der Waals surface area (Å²) in [5, 5.41) is 9.63. The molecule has 3 aromatic rings. The Labute approximate surface area is 166 Å². The Morgan fingerprint density at radius 2 is 2.11 bits per heavy atom. The first-order valence-corrected chi connectivity index (χ1v) is 10.1. The molecule has 142 valence electrons. The van der Waals surface area contributed by atoms with Gasteiger partial charge in [-0.05, 0) is 39.1 Å². The van der Waals surface area contributed by atoms with E-state index in [1.54, 1.807) is 4.90 Å². The Balaban J connectivity index is 1.76. The minimum atomic E-state index is -0.162. The molecule has 0 N–H and O–H groups in total. The number of carbonyl (C=O) groups is 1. The van der Waals surface area contributed by atoms with E-state index < -0.39 is 0 Å². The second-order valence-corrected chi connectivity index (χ2v) is 8.38. The lowest BCUT2D eigenvalue weighted by Crippen LogP contribution is -2.38. The number of benzene rings is 1. The highest BCUT2D eigenvalue weighted by Crippen LogP contribution is 2.36. The van der Waals surface area contributed by atoms with Gasteiger partial charge in [0.15, 0.2) is 5.13 Å². The minimum Gasteiger partial charge on any atom is -0.308 e. The fourth-order valence-corrected chi connectivity index (χ4v) is 4.56. The molecule has 9 heteroatoms. The van der Waals surface area contributed by atoms with Crippen LogP contribution in [-0.4, -0.2) is 57.7 Å². The van der Waals surface area contributed by atoms with Crippen molar-refractivity contribution in [3.05, 3.63) is 34.4 Å². The Morgan fingerprint density at radius 1 is 1.30 bits per heavy atom. The van der Waals surface area contributed by atoms with Crippen molar-refractivity contribution >= 4 is 44.2 Å². The van der Waals surface area contributed by atoms with Crippen LogP contribution in [0.1, 0.15) is 28.4 Å². The number of hydrogen-bond donors (Lipinski definition) is 0. The predicted octanol–water partition coefficient (Wildman–Crippen LogP) is 3.00. The maximum Gasteiger partial charge on any atom is 0.298 e. The van der Waals surface area contributed by atoms with Crippen LogP contribution in [0.15, 0.2) is 12.1 Å². The van der Waals surface area contributed by atoms with Crippen LogP contribution in [-0.2, 0) is 13.0 Å². The summed E-state index contributed by atoms with van der Waals surface area (Å²) in [5.41, 5.74) is 1.89. The van der Waals surface area contributed by atoms with E-state index in [0.717, 1.165) is 47.5 Å². The molecule has 4 rings (SSSR count). The minimum absolute atomic E-state index is 0.162. The highest BCUT2D eigenvalue weighted by molar-refractivity contribution is 7.23. The third-order valence-corrected chi connectivity index (χ3v) is 6.27. The molecule has 1 aliphatic rings. The molecule has 7 nitrogen and oxygen atoms in total. The molecule has 0 aliphatic carbocycles. The summed E-state index contributed by atoms with van der Waals surface area (Å²) in [5.74, 6) is 1.11. The fraction of sp³-hybridized carbons (Fsp3) is 0.444. The summed E-state index contributed by atoms with van der Waals surface area (Å²) in [7, 11) is 3.97. The van der Waals surface area contributed by atoms with Crippen LogP contribution in [0.3, 0.4) is 0 Å². The smallest absolute Gasteiger partial charge is 0.298 e. The van der Waals surface area contributed by atoms with Gasteiger partial charge in [-0.1, -0.05) is 29.0 Å². The molecule has 1 aliphatic heterocycles. The molecule has 0 saturated carbocycles. The van der Waals surface area contributed by atoms with Gasteiger partial charge in [-0.3, -0.25) is 9.69 Å². The lowest BCUT2D eigenvalue weighted by Gasteiger charge is -2.21. The quantitative estimate of drug-likeness (QED) is 0.654. The van der Waals surface area contributed by atoms with Gasteiger partial charge >= 0.3 is 0 Å². The zero-order valence-electron chi connectivity index (χ0n) is 15.6. The summed E-state index contributed by atoms with van der Waals surface area (Å²) in [6.07, 6.45) is 1.87. The first-order valence-electron chi connectivity index (χ1n) is 8.90. The van der Waals surface area contributed by atoms with Crippen LogP contribution in [0.25, 0.3) is 10.2 Å². The monoisotopic (exact) mass is 404 g/mol. The van der Waals surface area contributed by atoms with E-state index in [4.69, 9.17) is 16.6 Å². The summed E-state index contributed by atoms with van der Waals surface area (Å²) in [4.78, 5) is 21.8. The molecule has 0 bridgehead atoms. The topological polar surface area (TPSA) is 67.2 Å². The van der Waals surface area contributed by atoms with Crippen molar-refractivity contribution in [1.82, 2.24) is 24.6 Å². The van der Waals surface area contributed by atoms with E-state index in [9.17, 15) is 4.79 Å². The van der Waals surface area contributed by atoms with Crippen LogP contribution in [0.2, 0.25) is 5.02 Å². The number of aromatic nitrogens is 4. The van der Waals surface area contributed by atoms with Crippen LogP contribution in [0.4, 0.5) is 5.13 Å². The van der Waals surface area contributed by atoms with Crippen LogP contribution in [0.5, 0.6) is 0 Å². The maximum absolute atomic E-state index is 13.3. The van der Waals surface area contributed by atoms with E-state index in [2.05, 4.69) is 10.2 Å². The number of hydrogen-bond acceptors (Lipinski definition) is 6. The number of carbonyl (C=O) groups excluding carboxylic acids is 1. The van der Waals surface area contributed by atoms with Crippen molar-refractivity contribution in [3.8, 4) is 0 Å². The summed E-state index contributed by atoms with van der Waals surface area (Å²) >= 11 is 7.81. The summed E-state index contributed by atoms with van der Waals surface area (Å²) < 4.78 is 2.83. The molecule has 0 fully saturated rings. The van der Waals surface area contributed by atoms with Gasteiger partial charge in [0.1, 0.15) is 5.82 Å². The zero-order chi connectivity index (χ0) is 19.1. The SMILES string of the molecule is Cc1ccc(Cl)c2sc(N(CCN(C)C)C(=O)c3nnc4n3CCC4)nc12. The Kier molecular flexibility index (Phi) is 4.88. The number of likely N-dealkylation sites (N-methyl/N-ethyl adjacent to an activating group) is 1. The third-order valence-electron chi connectivity index (χ3n) is 4.73. The Bertz CT molecular complexity index is 972. The first-order chi connectivity index (χ1) is 13.0. The molecule has 0 unspecified atom stereocenters. The van der Waals surface area contributed by atoms with Gasteiger partial charge in [0.05, 0.1) is 15.2 Å². The van der Waals surface area contributed by atoms with Crippen LogP contribution in [0, 0.1) is 6.92 Å². The normalized spacial score (nSPS) is 13.5. The van der Waals surface area contributed by atoms with Crippen LogP contribution < -0.4 is 4.90 Å². The molecule has 2 aromatic heterocycles. The van der Waals surface area contributed by atoms with Crippen molar-refractivity contribution in [2.75, 3.05) is 32.1 Å². The average Bonchev–Trinajstić information content (AvgIpc) is 3.33. The number of rotatable bonds is 5. The van der Waals surface area contributed by atoms with Crippen molar-refractivity contribution < 1.29 is 4.79 Å². The number of nitrogens with zero attached hydrogens (tertiary/aromatic N) is 6. The molecule has 3 heterocycles. The van der Waals surface area contributed by atoms with Crippen molar-refractivity contribution in [3.63, 3.8) is 0 Å².